The zero-order valence-electron chi connectivity index (χ0n) is 14.1. The first-order chi connectivity index (χ1) is 13.6. The Hall–Kier alpha value is -4.61. The fourth-order valence-electron chi connectivity index (χ4n) is 2.50. The summed E-state index contributed by atoms with van der Waals surface area (Å²) >= 11 is 0. The van der Waals surface area contributed by atoms with Crippen LogP contribution in [0.1, 0.15) is 20.7 Å². The topological polar surface area (TPSA) is 200 Å². The van der Waals surface area contributed by atoms with Crippen LogP contribution >= 0.6 is 0 Å². The quantitative estimate of drug-likeness (QED) is 0.141. The van der Waals surface area contributed by atoms with Crippen molar-refractivity contribution < 1.29 is 39.4 Å². The molecule has 2 aromatic carbocycles. The number of phenols is 3. The number of hydrogen-bond donors (Lipinski definition) is 5. The number of carbonyl (C=O) groups excluding carboxylic acids is 1. The second kappa shape index (κ2) is 6.84. The van der Waals surface area contributed by atoms with E-state index in [2.05, 4.69) is 5.32 Å². The van der Waals surface area contributed by atoms with Crippen LogP contribution < -0.4 is 10.9 Å². The van der Waals surface area contributed by atoms with E-state index < -0.39 is 62.1 Å². The lowest BCUT2D eigenvalue weighted by Gasteiger charge is -2.08. The zero-order valence-corrected chi connectivity index (χ0v) is 14.1. The van der Waals surface area contributed by atoms with Gasteiger partial charge in [-0.3, -0.25) is 14.9 Å². The Balaban J connectivity index is 2.06. The summed E-state index contributed by atoms with van der Waals surface area (Å²) in [4.78, 5) is 45.5. The van der Waals surface area contributed by atoms with E-state index in [1.165, 1.54) is 6.07 Å². The van der Waals surface area contributed by atoms with Gasteiger partial charge in [-0.05, 0) is 24.3 Å². The maximum Gasteiger partial charge on any atom is 0.349 e. The summed E-state index contributed by atoms with van der Waals surface area (Å²) in [7, 11) is 0. The number of phenolic OH excluding ortho intramolecular Hbond substituents is 2. The predicted molar refractivity (Wildman–Crippen MR) is 95.5 cm³/mol. The third kappa shape index (κ3) is 3.37. The van der Waals surface area contributed by atoms with E-state index in [9.17, 15) is 39.8 Å². The lowest BCUT2D eigenvalue weighted by molar-refractivity contribution is -0.385. The molecule has 0 fully saturated rings. The SMILES string of the molecule is O=C(O)c1cc(NC(=O)c2cc3cc([N+](=O)[O-])c(O)c(O)c3oc2=O)ccc1O. The highest BCUT2D eigenvalue weighted by molar-refractivity contribution is 6.06. The first-order valence-electron chi connectivity index (χ1n) is 7.65. The van der Waals surface area contributed by atoms with Gasteiger partial charge in [0.05, 0.1) is 4.92 Å². The number of carboxylic acids is 1. The van der Waals surface area contributed by atoms with Gasteiger partial charge in [-0.1, -0.05) is 0 Å². The molecule has 0 saturated carbocycles. The van der Waals surface area contributed by atoms with E-state index in [1.807, 2.05) is 0 Å². The minimum absolute atomic E-state index is 0.0655. The van der Waals surface area contributed by atoms with Gasteiger partial charge in [0.1, 0.15) is 16.9 Å². The van der Waals surface area contributed by atoms with Crippen molar-refractivity contribution in [1.82, 2.24) is 0 Å². The molecule has 12 nitrogen and oxygen atoms in total. The molecule has 148 valence electrons. The molecule has 12 heteroatoms. The van der Waals surface area contributed by atoms with Gasteiger partial charge in [-0.2, -0.15) is 0 Å². The number of aromatic carboxylic acids is 1. The van der Waals surface area contributed by atoms with E-state index in [0.717, 1.165) is 24.3 Å². The largest absolute Gasteiger partial charge is 0.507 e. The maximum atomic E-state index is 12.4. The Bertz CT molecular complexity index is 1260. The number of rotatable bonds is 4. The molecule has 1 aromatic heterocycles. The van der Waals surface area contributed by atoms with Gasteiger partial charge < -0.3 is 30.2 Å². The number of carboxylic acid groups (broad SMARTS) is 1. The number of aromatic hydroxyl groups is 3. The number of nitro groups is 1. The minimum atomic E-state index is -1.45. The molecule has 0 radical (unpaired) electrons. The highest BCUT2D eigenvalue weighted by Gasteiger charge is 2.24. The van der Waals surface area contributed by atoms with Crippen molar-refractivity contribution in [1.29, 1.82) is 0 Å². The van der Waals surface area contributed by atoms with Crippen LogP contribution in [0.4, 0.5) is 11.4 Å². The summed E-state index contributed by atoms with van der Waals surface area (Å²) in [5, 5.41) is 50.9. The lowest BCUT2D eigenvalue weighted by atomic mass is 10.1. The average molecular weight is 402 g/mol. The molecule has 5 N–H and O–H groups in total. The van der Waals surface area contributed by atoms with Crippen LogP contribution in [0.3, 0.4) is 0 Å². The van der Waals surface area contributed by atoms with Crippen LogP contribution in [-0.4, -0.2) is 37.2 Å². The molecule has 0 bridgehead atoms. The van der Waals surface area contributed by atoms with E-state index >= 15 is 0 Å². The Kier molecular flexibility index (Phi) is 4.52. The lowest BCUT2D eigenvalue weighted by Crippen LogP contribution is -2.20. The standard InChI is InChI=1S/C17H10N2O10/c20-11-2-1-7(5-8(11)16(24)25)18-15(23)9-3-6-4-10(19(27)28)12(21)13(22)14(6)29-17(9)26/h1-5,20-22H,(H,18,23)(H,24,25). The minimum Gasteiger partial charge on any atom is -0.507 e. The van der Waals surface area contributed by atoms with Crippen LogP contribution in [0.5, 0.6) is 17.2 Å². The summed E-state index contributed by atoms with van der Waals surface area (Å²) in [6.07, 6.45) is 0. The van der Waals surface area contributed by atoms with Crippen molar-refractivity contribution in [2.45, 2.75) is 0 Å². The number of hydrogen-bond acceptors (Lipinski definition) is 9. The highest BCUT2D eigenvalue weighted by atomic mass is 16.6. The molecule has 0 aliphatic rings. The van der Waals surface area contributed by atoms with Crippen LogP contribution in [0.2, 0.25) is 0 Å². The number of benzene rings is 2. The third-order valence-electron chi connectivity index (χ3n) is 3.88. The number of anilines is 1. The monoisotopic (exact) mass is 402 g/mol. The summed E-state index contributed by atoms with van der Waals surface area (Å²) in [6.45, 7) is 0. The van der Waals surface area contributed by atoms with Gasteiger partial charge in [0, 0.05) is 17.1 Å². The molecule has 1 amide bonds. The molecule has 0 aliphatic heterocycles. The average Bonchev–Trinajstić information content (AvgIpc) is 2.65. The molecule has 0 atom stereocenters. The number of carbonyl (C=O) groups is 2. The first kappa shape index (κ1) is 19.2. The van der Waals surface area contributed by atoms with Crippen molar-refractivity contribution in [3.63, 3.8) is 0 Å². The van der Waals surface area contributed by atoms with E-state index in [4.69, 9.17) is 9.52 Å². The molecule has 0 aliphatic carbocycles. The molecular formula is C17H10N2O10. The van der Waals surface area contributed by atoms with Crippen molar-refractivity contribution in [3.05, 3.63) is 62.0 Å². The summed E-state index contributed by atoms with van der Waals surface area (Å²) in [6, 6.07) is 4.85. The number of fused-ring (bicyclic) bond motifs is 1. The predicted octanol–water partition coefficient (Wildman–Crippen LogP) is 1.77. The summed E-state index contributed by atoms with van der Waals surface area (Å²) in [5.74, 6) is -5.18. The molecule has 0 saturated heterocycles. The number of nitro benzene ring substituents is 1. The van der Waals surface area contributed by atoms with Gasteiger partial charge in [0.2, 0.25) is 11.5 Å². The summed E-state index contributed by atoms with van der Waals surface area (Å²) in [5.41, 5.74) is -3.83. The van der Waals surface area contributed by atoms with Gasteiger partial charge in [-0.15, -0.1) is 0 Å². The molecule has 0 spiro atoms. The molecule has 29 heavy (non-hydrogen) atoms. The third-order valence-corrected chi connectivity index (χ3v) is 3.88. The van der Waals surface area contributed by atoms with Crippen LogP contribution in [0.25, 0.3) is 11.0 Å². The van der Waals surface area contributed by atoms with Crippen molar-refractivity contribution in [2.75, 3.05) is 5.32 Å². The van der Waals surface area contributed by atoms with Gasteiger partial charge >= 0.3 is 17.3 Å². The van der Waals surface area contributed by atoms with E-state index in [0.29, 0.717) is 0 Å². The van der Waals surface area contributed by atoms with Crippen molar-refractivity contribution in [3.8, 4) is 17.2 Å². The second-order valence-corrected chi connectivity index (χ2v) is 5.71. The Morgan fingerprint density at radius 1 is 1.03 bits per heavy atom. The Labute approximate surface area is 159 Å². The van der Waals surface area contributed by atoms with Gasteiger partial charge in [0.25, 0.3) is 5.91 Å². The smallest absolute Gasteiger partial charge is 0.349 e. The van der Waals surface area contributed by atoms with Crippen molar-refractivity contribution in [2.24, 2.45) is 0 Å². The highest BCUT2D eigenvalue weighted by Crippen LogP contribution is 2.41. The first-order valence-corrected chi connectivity index (χ1v) is 7.65. The molecule has 0 unspecified atom stereocenters. The number of nitrogens with one attached hydrogen (secondary N) is 1. The molecular weight excluding hydrogens is 392 g/mol. The molecule has 3 rings (SSSR count). The summed E-state index contributed by atoms with van der Waals surface area (Å²) < 4.78 is 4.80. The Morgan fingerprint density at radius 3 is 2.34 bits per heavy atom. The van der Waals surface area contributed by atoms with E-state index in [1.54, 1.807) is 0 Å². The molecule has 3 aromatic rings. The molecule has 1 heterocycles. The second-order valence-electron chi connectivity index (χ2n) is 5.71. The van der Waals surface area contributed by atoms with Crippen LogP contribution in [0.15, 0.2) is 39.5 Å². The zero-order chi connectivity index (χ0) is 21.5. The van der Waals surface area contributed by atoms with Gasteiger partial charge in [0.15, 0.2) is 5.58 Å². The number of amides is 1. The van der Waals surface area contributed by atoms with Crippen LogP contribution in [-0.2, 0) is 0 Å². The van der Waals surface area contributed by atoms with Gasteiger partial charge in [-0.25, -0.2) is 9.59 Å². The number of nitrogens with zero attached hydrogens (tertiary/aromatic N) is 1. The normalized spacial score (nSPS) is 10.6. The fraction of sp³-hybridized carbons (Fsp3) is 0. The Morgan fingerprint density at radius 2 is 1.72 bits per heavy atom. The maximum absolute atomic E-state index is 12.4. The van der Waals surface area contributed by atoms with Crippen molar-refractivity contribution >= 4 is 34.2 Å². The van der Waals surface area contributed by atoms with E-state index in [-0.39, 0.29) is 11.1 Å². The van der Waals surface area contributed by atoms with Crippen LogP contribution in [0, 0.1) is 10.1 Å². The fourth-order valence-corrected chi connectivity index (χ4v) is 2.50.